The van der Waals surface area contributed by atoms with Crippen LogP contribution in [-0.4, -0.2) is 57.9 Å². The van der Waals surface area contributed by atoms with Crippen LogP contribution < -0.4 is 5.56 Å². The molecule has 2 saturated heterocycles. The Morgan fingerprint density at radius 2 is 2.15 bits per heavy atom. The number of carbonyl (C=O) groups is 1. The largest absolute Gasteiger partial charge is 0.385 e. The molecule has 0 spiro atoms. The number of fused-ring (bicyclic) bond motifs is 4. The number of methoxy groups -OCH3 is 1. The molecular formula is C19H23N3O3S2. The van der Waals surface area contributed by atoms with Crippen molar-refractivity contribution in [1.29, 1.82) is 0 Å². The SMILES string of the molecule is COCCCN1C(=O)C(=CN2CC3CC(C2)c2cccc(=O)n2C3)SC1=S. The molecule has 2 atom stereocenters. The second-order valence-electron chi connectivity index (χ2n) is 7.32. The maximum atomic E-state index is 12.7. The van der Waals surface area contributed by atoms with E-state index in [2.05, 4.69) is 11.0 Å². The van der Waals surface area contributed by atoms with Crippen molar-refractivity contribution in [3.05, 3.63) is 45.4 Å². The lowest BCUT2D eigenvalue weighted by Crippen LogP contribution is -2.45. The van der Waals surface area contributed by atoms with Gasteiger partial charge >= 0.3 is 0 Å². The van der Waals surface area contributed by atoms with E-state index in [0.717, 1.165) is 38.2 Å². The minimum absolute atomic E-state index is 0.00606. The van der Waals surface area contributed by atoms with Gasteiger partial charge in [0.15, 0.2) is 0 Å². The number of carbonyl (C=O) groups excluding carboxylic acids is 1. The number of nitrogens with zero attached hydrogens (tertiary/aromatic N) is 3. The van der Waals surface area contributed by atoms with Crippen LogP contribution in [-0.2, 0) is 16.1 Å². The van der Waals surface area contributed by atoms with Gasteiger partial charge < -0.3 is 14.2 Å². The third kappa shape index (κ3) is 3.70. The van der Waals surface area contributed by atoms with E-state index >= 15 is 0 Å². The minimum atomic E-state index is -0.00606. The molecule has 3 aliphatic heterocycles. The smallest absolute Gasteiger partial charge is 0.267 e. The third-order valence-electron chi connectivity index (χ3n) is 5.41. The zero-order valence-corrected chi connectivity index (χ0v) is 16.9. The number of thioether (sulfide) groups is 1. The number of hydrogen-bond acceptors (Lipinski definition) is 6. The fraction of sp³-hybridized carbons (Fsp3) is 0.526. The molecule has 1 aromatic heterocycles. The fourth-order valence-electron chi connectivity index (χ4n) is 4.25. The van der Waals surface area contributed by atoms with Crippen molar-refractivity contribution in [2.24, 2.45) is 5.92 Å². The van der Waals surface area contributed by atoms with E-state index in [1.807, 2.05) is 16.8 Å². The van der Waals surface area contributed by atoms with Crippen LogP contribution in [0.15, 0.2) is 34.1 Å². The highest BCUT2D eigenvalue weighted by Gasteiger charge is 2.36. The number of ether oxygens (including phenoxy) is 1. The Balaban J connectivity index is 1.49. The van der Waals surface area contributed by atoms with Crippen LogP contribution in [0.1, 0.15) is 24.5 Å². The van der Waals surface area contributed by atoms with E-state index in [0.29, 0.717) is 34.2 Å². The maximum Gasteiger partial charge on any atom is 0.267 e. The monoisotopic (exact) mass is 405 g/mol. The van der Waals surface area contributed by atoms with Gasteiger partial charge in [-0.05, 0) is 24.8 Å². The van der Waals surface area contributed by atoms with Crippen molar-refractivity contribution in [1.82, 2.24) is 14.4 Å². The van der Waals surface area contributed by atoms with Crippen LogP contribution in [0.25, 0.3) is 0 Å². The van der Waals surface area contributed by atoms with Crippen LogP contribution in [0.2, 0.25) is 0 Å². The van der Waals surface area contributed by atoms with Crippen molar-refractivity contribution >= 4 is 34.2 Å². The molecule has 1 aromatic rings. The topological polar surface area (TPSA) is 54.8 Å². The molecule has 2 fully saturated rings. The number of hydrogen-bond donors (Lipinski definition) is 0. The van der Waals surface area contributed by atoms with Crippen molar-refractivity contribution in [2.45, 2.75) is 25.3 Å². The van der Waals surface area contributed by atoms with Gasteiger partial charge in [-0.3, -0.25) is 14.5 Å². The third-order valence-corrected chi connectivity index (χ3v) is 6.78. The summed E-state index contributed by atoms with van der Waals surface area (Å²) in [7, 11) is 1.66. The van der Waals surface area contributed by atoms with Crippen molar-refractivity contribution in [3.8, 4) is 0 Å². The highest BCUT2D eigenvalue weighted by atomic mass is 32.2. The Morgan fingerprint density at radius 3 is 2.96 bits per heavy atom. The van der Waals surface area contributed by atoms with E-state index in [1.165, 1.54) is 11.8 Å². The van der Waals surface area contributed by atoms with E-state index < -0.39 is 0 Å². The summed E-state index contributed by atoms with van der Waals surface area (Å²) < 4.78 is 7.61. The maximum absolute atomic E-state index is 12.7. The van der Waals surface area contributed by atoms with Gasteiger partial charge in [-0.15, -0.1) is 0 Å². The summed E-state index contributed by atoms with van der Waals surface area (Å²) in [4.78, 5) is 29.5. The van der Waals surface area contributed by atoms with Crippen LogP contribution in [0, 0.1) is 5.92 Å². The van der Waals surface area contributed by atoms with Gasteiger partial charge in [0.2, 0.25) is 0 Å². The summed E-state index contributed by atoms with van der Waals surface area (Å²) in [6.45, 7) is 3.66. The fourth-order valence-corrected chi connectivity index (χ4v) is 5.57. The molecule has 144 valence electrons. The molecule has 0 aromatic carbocycles. The minimum Gasteiger partial charge on any atom is -0.385 e. The first-order chi connectivity index (χ1) is 13.1. The Bertz CT molecular complexity index is 851. The summed E-state index contributed by atoms with van der Waals surface area (Å²) in [6.07, 6.45) is 3.85. The molecule has 2 unspecified atom stereocenters. The molecule has 3 aliphatic rings. The summed E-state index contributed by atoms with van der Waals surface area (Å²) >= 11 is 6.77. The van der Waals surface area contributed by atoms with E-state index in [4.69, 9.17) is 17.0 Å². The second kappa shape index (κ2) is 7.77. The lowest BCUT2D eigenvalue weighted by atomic mass is 9.83. The normalized spacial score (nSPS) is 26.0. The number of rotatable bonds is 5. The summed E-state index contributed by atoms with van der Waals surface area (Å²) in [5.41, 5.74) is 1.21. The van der Waals surface area contributed by atoms with Crippen LogP contribution in [0.3, 0.4) is 0 Å². The summed E-state index contributed by atoms with van der Waals surface area (Å²) in [6, 6.07) is 5.54. The molecule has 0 saturated carbocycles. The van der Waals surface area contributed by atoms with E-state index in [-0.39, 0.29) is 11.5 Å². The number of thiocarbonyl (C=S) groups is 1. The van der Waals surface area contributed by atoms with Gasteiger partial charge in [-0.1, -0.05) is 30.0 Å². The predicted molar refractivity (Wildman–Crippen MR) is 110 cm³/mol. The number of likely N-dealkylation sites (tertiary alicyclic amines) is 1. The first-order valence-electron chi connectivity index (χ1n) is 9.25. The highest BCUT2D eigenvalue weighted by Crippen LogP contribution is 2.37. The van der Waals surface area contributed by atoms with E-state index in [1.54, 1.807) is 18.1 Å². The van der Waals surface area contributed by atoms with Crippen molar-refractivity contribution < 1.29 is 9.53 Å². The molecule has 0 radical (unpaired) electrons. The first kappa shape index (κ1) is 18.7. The molecule has 4 rings (SSSR count). The Hall–Kier alpha value is -1.64. The molecule has 6 nitrogen and oxygen atoms in total. The molecule has 27 heavy (non-hydrogen) atoms. The van der Waals surface area contributed by atoms with Crippen molar-refractivity contribution in [2.75, 3.05) is 33.4 Å². The zero-order valence-electron chi connectivity index (χ0n) is 15.3. The molecule has 2 bridgehead atoms. The number of pyridine rings is 1. The molecule has 0 N–H and O–H groups in total. The predicted octanol–water partition coefficient (Wildman–Crippen LogP) is 2.01. The Labute approximate surface area is 168 Å². The Morgan fingerprint density at radius 1 is 1.30 bits per heavy atom. The number of piperidine rings is 1. The van der Waals surface area contributed by atoms with E-state index in [9.17, 15) is 9.59 Å². The van der Waals surface area contributed by atoms with Crippen LogP contribution in [0.5, 0.6) is 0 Å². The summed E-state index contributed by atoms with van der Waals surface area (Å²) in [5.74, 6) is 0.752. The van der Waals surface area contributed by atoms with Gasteiger partial charge in [0.25, 0.3) is 11.5 Å². The molecule has 0 aliphatic carbocycles. The van der Waals surface area contributed by atoms with Crippen LogP contribution in [0.4, 0.5) is 0 Å². The van der Waals surface area contributed by atoms with Gasteiger partial charge in [0.05, 0.1) is 4.91 Å². The Kier molecular flexibility index (Phi) is 5.39. The van der Waals surface area contributed by atoms with Gasteiger partial charge in [-0.25, -0.2) is 0 Å². The summed E-state index contributed by atoms with van der Waals surface area (Å²) in [5, 5.41) is 0. The highest BCUT2D eigenvalue weighted by molar-refractivity contribution is 8.26. The quantitative estimate of drug-likeness (QED) is 0.424. The van der Waals surface area contributed by atoms with Crippen LogP contribution >= 0.6 is 24.0 Å². The van der Waals surface area contributed by atoms with Crippen molar-refractivity contribution in [3.63, 3.8) is 0 Å². The van der Waals surface area contributed by atoms with Gasteiger partial charge in [0, 0.05) is 63.8 Å². The zero-order chi connectivity index (χ0) is 19.0. The lowest BCUT2D eigenvalue weighted by molar-refractivity contribution is -0.122. The molecular weight excluding hydrogens is 382 g/mol. The molecule has 8 heteroatoms. The average Bonchev–Trinajstić information content (AvgIpc) is 2.90. The lowest BCUT2D eigenvalue weighted by Gasteiger charge is -2.42. The number of aromatic nitrogens is 1. The average molecular weight is 406 g/mol. The van der Waals surface area contributed by atoms with Gasteiger partial charge in [-0.2, -0.15) is 0 Å². The molecule has 1 amide bonds. The standard InChI is InChI=1S/C19H23N3O3S2/c1-25-7-3-6-21-18(24)16(27-19(21)26)12-20-9-13-8-14(11-20)15-4-2-5-17(23)22(15)10-13/h2,4-5,12-14H,3,6-11H2,1H3. The number of amides is 1. The second-order valence-corrected chi connectivity index (χ2v) is 8.99. The molecule has 4 heterocycles. The van der Waals surface area contributed by atoms with Gasteiger partial charge in [0.1, 0.15) is 4.32 Å². The first-order valence-corrected chi connectivity index (χ1v) is 10.5.